The molecule has 0 fully saturated rings. The van der Waals surface area contributed by atoms with Gasteiger partial charge in [0.25, 0.3) is 0 Å². The van der Waals surface area contributed by atoms with Crippen LogP contribution in [-0.2, 0) is 6.54 Å². The van der Waals surface area contributed by atoms with E-state index in [0.717, 1.165) is 6.07 Å². The zero-order valence-corrected chi connectivity index (χ0v) is 7.31. The summed E-state index contributed by atoms with van der Waals surface area (Å²) in [4.78, 5) is 19.8. The van der Waals surface area contributed by atoms with Gasteiger partial charge >= 0.3 is 5.97 Å². The molecule has 1 aromatic carbocycles. The first-order valence-corrected chi connectivity index (χ1v) is 3.78. The Balaban J connectivity index is 3.24. The largest absolute Gasteiger partial charge is 0.504 e. The molecule has 0 aliphatic heterocycles. The lowest BCUT2D eigenvalue weighted by atomic mass is 10.1. The predicted octanol–water partition coefficient (Wildman–Crippen LogP) is 1.01. The Labute approximate surface area is 82.7 Å². The van der Waals surface area contributed by atoms with Gasteiger partial charge in [0, 0.05) is 4.92 Å². The van der Waals surface area contributed by atoms with E-state index in [0.29, 0.717) is 6.07 Å². The molecule has 0 saturated carbocycles. The quantitative estimate of drug-likeness (QED) is 0.578. The molecule has 7 heteroatoms. The minimum absolute atomic E-state index is 0.364. The van der Waals surface area contributed by atoms with Gasteiger partial charge < -0.3 is 10.2 Å². The number of aromatic hydroxyl groups is 1. The summed E-state index contributed by atoms with van der Waals surface area (Å²) < 4.78 is 12.9. The highest BCUT2D eigenvalue weighted by Crippen LogP contribution is 2.23. The van der Waals surface area contributed by atoms with Crippen molar-refractivity contribution in [3.63, 3.8) is 0 Å². The highest BCUT2D eigenvalue weighted by molar-refractivity contribution is 5.88. The minimum atomic E-state index is -1.42. The second-order valence-electron chi connectivity index (χ2n) is 2.76. The number of halogens is 1. The highest BCUT2D eigenvalue weighted by atomic mass is 19.1. The molecular formula is C8H6FNO5. The normalized spacial score (nSPS) is 9.93. The Morgan fingerprint density at radius 2 is 2.13 bits per heavy atom. The van der Waals surface area contributed by atoms with Crippen LogP contribution in [0.2, 0.25) is 0 Å². The van der Waals surface area contributed by atoms with Crippen LogP contribution >= 0.6 is 0 Å². The number of carboxylic acid groups (broad SMARTS) is 1. The standard InChI is InChI=1S/C8H6FNO5/c9-6-2-4(8(12)13)1-5(7(6)11)3-10(14)15/h1-2,11H,3H2,(H,12,13). The summed E-state index contributed by atoms with van der Waals surface area (Å²) in [7, 11) is 0. The predicted molar refractivity (Wildman–Crippen MR) is 45.7 cm³/mol. The summed E-state index contributed by atoms with van der Waals surface area (Å²) in [5.74, 6) is -3.50. The van der Waals surface area contributed by atoms with Crippen LogP contribution in [0.5, 0.6) is 5.75 Å². The van der Waals surface area contributed by atoms with E-state index in [2.05, 4.69) is 0 Å². The minimum Gasteiger partial charge on any atom is -0.504 e. The maximum absolute atomic E-state index is 12.9. The summed E-state index contributed by atoms with van der Waals surface area (Å²) in [6, 6.07) is 1.46. The Hall–Kier alpha value is -2.18. The Kier molecular flexibility index (Phi) is 2.84. The topological polar surface area (TPSA) is 101 Å². The molecule has 0 spiro atoms. The molecule has 1 aromatic rings. The molecule has 0 radical (unpaired) electrons. The summed E-state index contributed by atoms with van der Waals surface area (Å²) in [5, 5.41) is 27.8. The first-order chi connectivity index (χ1) is 6.91. The molecule has 15 heavy (non-hydrogen) atoms. The lowest BCUT2D eigenvalue weighted by molar-refractivity contribution is -0.497. The molecular weight excluding hydrogens is 209 g/mol. The van der Waals surface area contributed by atoms with E-state index in [1.807, 2.05) is 0 Å². The van der Waals surface area contributed by atoms with Gasteiger partial charge in [0.2, 0.25) is 6.54 Å². The third-order valence-corrected chi connectivity index (χ3v) is 1.69. The van der Waals surface area contributed by atoms with E-state index in [9.17, 15) is 19.3 Å². The van der Waals surface area contributed by atoms with Gasteiger partial charge in [-0.1, -0.05) is 0 Å². The van der Waals surface area contributed by atoms with Crippen molar-refractivity contribution in [3.8, 4) is 5.75 Å². The van der Waals surface area contributed by atoms with Crippen LogP contribution in [0.4, 0.5) is 4.39 Å². The number of aromatic carboxylic acids is 1. The molecule has 80 valence electrons. The molecule has 0 heterocycles. The van der Waals surface area contributed by atoms with Crippen molar-refractivity contribution in [1.29, 1.82) is 0 Å². The van der Waals surface area contributed by atoms with Crippen molar-refractivity contribution < 1.29 is 24.3 Å². The number of rotatable bonds is 3. The fourth-order valence-corrected chi connectivity index (χ4v) is 1.04. The summed E-state index contributed by atoms with van der Waals surface area (Å²) in [5.41, 5.74) is -0.806. The van der Waals surface area contributed by atoms with E-state index in [4.69, 9.17) is 10.2 Å². The van der Waals surface area contributed by atoms with Crippen molar-refractivity contribution in [2.75, 3.05) is 0 Å². The second kappa shape index (κ2) is 3.91. The van der Waals surface area contributed by atoms with Gasteiger partial charge in [-0.2, -0.15) is 0 Å². The molecule has 0 unspecified atom stereocenters. The van der Waals surface area contributed by atoms with Crippen molar-refractivity contribution in [3.05, 3.63) is 39.2 Å². The zero-order valence-electron chi connectivity index (χ0n) is 7.31. The fraction of sp³-hybridized carbons (Fsp3) is 0.125. The molecule has 0 aromatic heterocycles. The van der Waals surface area contributed by atoms with E-state index in [1.54, 1.807) is 0 Å². The van der Waals surface area contributed by atoms with Crippen molar-refractivity contribution in [2.24, 2.45) is 0 Å². The van der Waals surface area contributed by atoms with Crippen molar-refractivity contribution in [2.45, 2.75) is 6.54 Å². The van der Waals surface area contributed by atoms with Crippen LogP contribution in [0, 0.1) is 15.9 Å². The van der Waals surface area contributed by atoms with Gasteiger partial charge in [0.05, 0.1) is 11.1 Å². The van der Waals surface area contributed by atoms with Crippen LogP contribution in [0.15, 0.2) is 12.1 Å². The van der Waals surface area contributed by atoms with E-state index < -0.39 is 34.6 Å². The number of hydrogen-bond acceptors (Lipinski definition) is 4. The number of phenolic OH excluding ortho intramolecular Hbond substituents is 1. The Bertz CT molecular complexity index is 431. The molecule has 0 atom stereocenters. The zero-order chi connectivity index (χ0) is 11.6. The first-order valence-electron chi connectivity index (χ1n) is 3.78. The highest BCUT2D eigenvalue weighted by Gasteiger charge is 2.16. The van der Waals surface area contributed by atoms with Crippen molar-refractivity contribution >= 4 is 5.97 Å². The van der Waals surface area contributed by atoms with Gasteiger partial charge in [0.15, 0.2) is 11.6 Å². The molecule has 1 rings (SSSR count). The van der Waals surface area contributed by atoms with Crippen LogP contribution in [-0.4, -0.2) is 21.1 Å². The first kappa shape index (κ1) is 10.9. The molecule has 0 aliphatic rings. The number of carbonyl (C=O) groups is 1. The maximum Gasteiger partial charge on any atom is 0.335 e. The molecule has 6 nitrogen and oxygen atoms in total. The Morgan fingerprint density at radius 3 is 2.60 bits per heavy atom. The Morgan fingerprint density at radius 1 is 1.53 bits per heavy atom. The third kappa shape index (κ3) is 2.39. The number of benzene rings is 1. The van der Waals surface area contributed by atoms with Gasteiger partial charge in [-0.15, -0.1) is 0 Å². The molecule has 0 saturated heterocycles. The summed E-state index contributed by atoms with van der Waals surface area (Å²) >= 11 is 0. The van der Waals surface area contributed by atoms with Gasteiger partial charge in [-0.05, 0) is 12.1 Å². The molecule has 0 bridgehead atoms. The van der Waals surface area contributed by atoms with Gasteiger partial charge in [0.1, 0.15) is 0 Å². The molecule has 0 aliphatic carbocycles. The monoisotopic (exact) mass is 215 g/mol. The second-order valence-corrected chi connectivity index (χ2v) is 2.76. The molecule has 2 N–H and O–H groups in total. The number of nitro groups is 1. The number of carboxylic acids is 1. The van der Waals surface area contributed by atoms with Gasteiger partial charge in [-0.3, -0.25) is 10.1 Å². The lowest BCUT2D eigenvalue weighted by Crippen LogP contribution is -2.04. The molecule has 0 amide bonds. The van der Waals surface area contributed by atoms with Crippen molar-refractivity contribution in [1.82, 2.24) is 0 Å². The summed E-state index contributed by atoms with van der Waals surface area (Å²) in [6.07, 6.45) is 0. The third-order valence-electron chi connectivity index (χ3n) is 1.69. The van der Waals surface area contributed by atoms with Crippen LogP contribution in [0.3, 0.4) is 0 Å². The average molecular weight is 215 g/mol. The average Bonchev–Trinajstić information content (AvgIpc) is 2.11. The maximum atomic E-state index is 12.9. The fourth-order valence-electron chi connectivity index (χ4n) is 1.04. The number of nitrogens with zero attached hydrogens (tertiary/aromatic N) is 1. The lowest BCUT2D eigenvalue weighted by Gasteiger charge is -2.03. The van der Waals surface area contributed by atoms with Crippen LogP contribution < -0.4 is 0 Å². The van der Waals surface area contributed by atoms with Gasteiger partial charge in [-0.25, -0.2) is 9.18 Å². The smallest absolute Gasteiger partial charge is 0.335 e. The SMILES string of the molecule is O=C(O)c1cc(F)c(O)c(C[N+](=O)[O-])c1. The van der Waals surface area contributed by atoms with E-state index in [1.165, 1.54) is 0 Å². The van der Waals surface area contributed by atoms with Crippen LogP contribution in [0.1, 0.15) is 15.9 Å². The van der Waals surface area contributed by atoms with E-state index >= 15 is 0 Å². The number of hydrogen-bond donors (Lipinski definition) is 2. The number of phenols is 1. The van der Waals surface area contributed by atoms with E-state index in [-0.39, 0.29) is 5.56 Å². The summed E-state index contributed by atoms with van der Waals surface area (Å²) in [6.45, 7) is -0.829. The van der Waals surface area contributed by atoms with Crippen LogP contribution in [0.25, 0.3) is 0 Å².